The third-order valence-corrected chi connectivity index (χ3v) is 3.35. The van der Waals surface area contributed by atoms with Gasteiger partial charge in [0, 0.05) is 31.2 Å². The molecule has 0 bridgehead atoms. The van der Waals surface area contributed by atoms with Gasteiger partial charge in [0.15, 0.2) is 0 Å². The standard InChI is InChI=1S/C11H22N2O/c1-9-8-13(4-5-14-9)10-6-11(2,3)12-7-10/h9-10,12H,4-8H2,1-3H3. The minimum absolute atomic E-state index is 0.326. The maximum absolute atomic E-state index is 5.56. The summed E-state index contributed by atoms with van der Waals surface area (Å²) in [6, 6.07) is 0.719. The molecule has 14 heavy (non-hydrogen) atoms. The lowest BCUT2D eigenvalue weighted by Crippen LogP contribution is -2.47. The molecule has 3 nitrogen and oxygen atoms in total. The number of morpholine rings is 1. The molecule has 0 aliphatic carbocycles. The smallest absolute Gasteiger partial charge is 0.0674 e. The first-order chi connectivity index (χ1) is 6.57. The molecule has 1 N–H and O–H groups in total. The van der Waals surface area contributed by atoms with Crippen molar-refractivity contribution < 1.29 is 4.74 Å². The van der Waals surface area contributed by atoms with Crippen LogP contribution in [0, 0.1) is 0 Å². The second-order valence-corrected chi connectivity index (χ2v) is 5.30. The maximum Gasteiger partial charge on any atom is 0.0674 e. The van der Waals surface area contributed by atoms with E-state index in [1.807, 2.05) is 0 Å². The fourth-order valence-electron chi connectivity index (χ4n) is 2.56. The van der Waals surface area contributed by atoms with Crippen molar-refractivity contribution >= 4 is 0 Å². The van der Waals surface area contributed by atoms with Crippen LogP contribution >= 0.6 is 0 Å². The lowest BCUT2D eigenvalue weighted by Gasteiger charge is -2.35. The molecule has 0 saturated carbocycles. The Kier molecular flexibility index (Phi) is 2.82. The SMILES string of the molecule is CC1CN(C2CNC(C)(C)C2)CCO1. The molecule has 0 aromatic carbocycles. The van der Waals surface area contributed by atoms with Crippen molar-refractivity contribution in [3.63, 3.8) is 0 Å². The van der Waals surface area contributed by atoms with Crippen LogP contribution in [-0.2, 0) is 4.74 Å². The van der Waals surface area contributed by atoms with Gasteiger partial charge in [-0.25, -0.2) is 0 Å². The Balaban J connectivity index is 1.89. The van der Waals surface area contributed by atoms with E-state index < -0.39 is 0 Å². The fraction of sp³-hybridized carbons (Fsp3) is 1.00. The number of hydrogen-bond acceptors (Lipinski definition) is 3. The summed E-state index contributed by atoms with van der Waals surface area (Å²) in [5.41, 5.74) is 0.326. The summed E-state index contributed by atoms with van der Waals surface area (Å²) < 4.78 is 5.56. The van der Waals surface area contributed by atoms with E-state index in [0.29, 0.717) is 11.6 Å². The van der Waals surface area contributed by atoms with E-state index >= 15 is 0 Å². The van der Waals surface area contributed by atoms with E-state index in [2.05, 4.69) is 31.0 Å². The Morgan fingerprint density at radius 3 is 2.79 bits per heavy atom. The minimum Gasteiger partial charge on any atom is -0.376 e. The van der Waals surface area contributed by atoms with Gasteiger partial charge in [-0.05, 0) is 27.2 Å². The summed E-state index contributed by atoms with van der Waals surface area (Å²) in [6.07, 6.45) is 1.67. The molecule has 2 fully saturated rings. The molecular weight excluding hydrogens is 176 g/mol. The zero-order valence-corrected chi connectivity index (χ0v) is 9.55. The first-order valence-electron chi connectivity index (χ1n) is 5.67. The molecule has 0 aromatic heterocycles. The molecule has 2 rings (SSSR count). The fourth-order valence-corrected chi connectivity index (χ4v) is 2.56. The summed E-state index contributed by atoms with van der Waals surface area (Å²) in [6.45, 7) is 11.0. The summed E-state index contributed by atoms with van der Waals surface area (Å²) in [7, 11) is 0. The van der Waals surface area contributed by atoms with Crippen LogP contribution in [0.2, 0.25) is 0 Å². The molecule has 2 aliphatic heterocycles. The van der Waals surface area contributed by atoms with Gasteiger partial charge in [0.1, 0.15) is 0 Å². The predicted molar refractivity (Wildman–Crippen MR) is 57.5 cm³/mol. The Bertz CT molecular complexity index is 205. The molecule has 2 saturated heterocycles. The molecular formula is C11H22N2O. The Morgan fingerprint density at radius 2 is 2.21 bits per heavy atom. The van der Waals surface area contributed by atoms with Crippen molar-refractivity contribution in [2.45, 2.75) is 44.9 Å². The van der Waals surface area contributed by atoms with Gasteiger partial charge in [-0.3, -0.25) is 4.90 Å². The van der Waals surface area contributed by atoms with E-state index in [1.165, 1.54) is 6.42 Å². The van der Waals surface area contributed by atoms with E-state index in [4.69, 9.17) is 4.74 Å². The van der Waals surface area contributed by atoms with Gasteiger partial charge in [0.2, 0.25) is 0 Å². The van der Waals surface area contributed by atoms with Crippen LogP contribution in [0.15, 0.2) is 0 Å². The van der Waals surface area contributed by atoms with E-state index in [9.17, 15) is 0 Å². The Labute approximate surface area is 86.8 Å². The summed E-state index contributed by atoms with van der Waals surface area (Å²) in [5, 5.41) is 3.58. The summed E-state index contributed by atoms with van der Waals surface area (Å²) >= 11 is 0. The van der Waals surface area contributed by atoms with E-state index in [1.54, 1.807) is 0 Å². The highest BCUT2D eigenvalue weighted by Gasteiger charge is 2.35. The van der Waals surface area contributed by atoms with E-state index in [-0.39, 0.29) is 0 Å². The molecule has 0 spiro atoms. The third kappa shape index (κ3) is 2.27. The topological polar surface area (TPSA) is 24.5 Å². The lowest BCUT2D eigenvalue weighted by atomic mass is 10.0. The Hall–Kier alpha value is -0.120. The molecule has 0 amide bonds. The highest BCUT2D eigenvalue weighted by Crippen LogP contribution is 2.23. The van der Waals surface area contributed by atoms with Crippen molar-refractivity contribution in [1.29, 1.82) is 0 Å². The molecule has 3 heteroatoms. The molecule has 2 heterocycles. The highest BCUT2D eigenvalue weighted by atomic mass is 16.5. The second-order valence-electron chi connectivity index (χ2n) is 5.30. The van der Waals surface area contributed by atoms with Crippen LogP contribution in [0.5, 0.6) is 0 Å². The van der Waals surface area contributed by atoms with Crippen molar-refractivity contribution in [2.24, 2.45) is 0 Å². The van der Waals surface area contributed by atoms with Gasteiger partial charge in [-0.15, -0.1) is 0 Å². The predicted octanol–water partition coefficient (Wildman–Crippen LogP) is 0.848. The average Bonchev–Trinajstić information content (AvgIpc) is 2.46. The highest BCUT2D eigenvalue weighted by molar-refractivity contribution is 4.95. The van der Waals surface area contributed by atoms with Crippen LogP contribution < -0.4 is 5.32 Å². The zero-order chi connectivity index (χ0) is 10.2. The molecule has 2 atom stereocenters. The molecule has 2 unspecified atom stereocenters. The van der Waals surface area contributed by atoms with Crippen molar-refractivity contribution in [2.75, 3.05) is 26.2 Å². The zero-order valence-electron chi connectivity index (χ0n) is 9.55. The molecule has 2 aliphatic rings. The van der Waals surface area contributed by atoms with Crippen LogP contribution in [0.4, 0.5) is 0 Å². The van der Waals surface area contributed by atoms with Gasteiger partial charge < -0.3 is 10.1 Å². The quantitative estimate of drug-likeness (QED) is 0.676. The molecule has 0 aromatic rings. The number of ether oxygens (including phenoxy) is 1. The van der Waals surface area contributed by atoms with Crippen molar-refractivity contribution in [3.05, 3.63) is 0 Å². The first-order valence-corrected chi connectivity index (χ1v) is 5.67. The summed E-state index contributed by atoms with van der Waals surface area (Å²) in [5.74, 6) is 0. The summed E-state index contributed by atoms with van der Waals surface area (Å²) in [4.78, 5) is 2.58. The van der Waals surface area contributed by atoms with Gasteiger partial charge in [0.05, 0.1) is 12.7 Å². The first kappa shape index (κ1) is 10.4. The monoisotopic (exact) mass is 198 g/mol. The molecule has 0 radical (unpaired) electrons. The Morgan fingerprint density at radius 1 is 1.43 bits per heavy atom. The third-order valence-electron chi connectivity index (χ3n) is 3.35. The van der Waals surface area contributed by atoms with Crippen LogP contribution in [0.1, 0.15) is 27.2 Å². The van der Waals surface area contributed by atoms with Gasteiger partial charge in [-0.2, -0.15) is 0 Å². The van der Waals surface area contributed by atoms with Crippen LogP contribution in [0.25, 0.3) is 0 Å². The second kappa shape index (κ2) is 3.80. The normalized spacial score (nSPS) is 38.8. The van der Waals surface area contributed by atoms with Gasteiger partial charge in [0.25, 0.3) is 0 Å². The van der Waals surface area contributed by atoms with Crippen LogP contribution in [0.3, 0.4) is 0 Å². The average molecular weight is 198 g/mol. The number of nitrogens with one attached hydrogen (secondary N) is 1. The largest absolute Gasteiger partial charge is 0.376 e. The van der Waals surface area contributed by atoms with Crippen molar-refractivity contribution in [1.82, 2.24) is 10.2 Å². The maximum atomic E-state index is 5.56. The number of rotatable bonds is 1. The van der Waals surface area contributed by atoms with Gasteiger partial charge in [-0.1, -0.05) is 0 Å². The minimum atomic E-state index is 0.326. The molecule has 82 valence electrons. The van der Waals surface area contributed by atoms with Crippen LogP contribution in [-0.4, -0.2) is 48.8 Å². The lowest BCUT2D eigenvalue weighted by molar-refractivity contribution is -0.0318. The van der Waals surface area contributed by atoms with E-state index in [0.717, 1.165) is 32.3 Å². The number of nitrogens with zero attached hydrogens (tertiary/aromatic N) is 1. The van der Waals surface area contributed by atoms with Crippen molar-refractivity contribution in [3.8, 4) is 0 Å². The number of hydrogen-bond donors (Lipinski definition) is 1. The van der Waals surface area contributed by atoms with Gasteiger partial charge >= 0.3 is 0 Å².